The van der Waals surface area contributed by atoms with E-state index in [9.17, 15) is 9.90 Å². The molecule has 0 aromatic heterocycles. The summed E-state index contributed by atoms with van der Waals surface area (Å²) in [5.41, 5.74) is 1.18. The largest absolute Gasteiger partial charge is 0.375 e. The summed E-state index contributed by atoms with van der Waals surface area (Å²) in [6, 6.07) is 5.66. The van der Waals surface area contributed by atoms with Gasteiger partial charge in [-0.05, 0) is 19.9 Å². The van der Waals surface area contributed by atoms with Gasteiger partial charge < -0.3 is 10.0 Å². The van der Waals surface area contributed by atoms with Crippen LogP contribution >= 0.6 is 0 Å². The van der Waals surface area contributed by atoms with Gasteiger partial charge in [-0.2, -0.15) is 0 Å². The first-order chi connectivity index (χ1) is 6.44. The number of benzene rings is 1. The highest BCUT2D eigenvalue weighted by molar-refractivity contribution is 6.06. The number of nitrogens with zero attached hydrogens (tertiary/aromatic N) is 1. The summed E-state index contributed by atoms with van der Waals surface area (Å²) < 4.78 is 0. The van der Waals surface area contributed by atoms with E-state index in [-0.39, 0.29) is 5.91 Å². The Morgan fingerprint density at radius 2 is 2.07 bits per heavy atom. The van der Waals surface area contributed by atoms with Crippen LogP contribution in [0.2, 0.25) is 0 Å². The van der Waals surface area contributed by atoms with E-state index >= 15 is 0 Å². The lowest BCUT2D eigenvalue weighted by molar-refractivity contribution is -0.133. The Hall–Kier alpha value is -1.35. The zero-order valence-corrected chi connectivity index (χ0v) is 8.53. The zero-order valence-electron chi connectivity index (χ0n) is 8.53. The highest BCUT2D eigenvalue weighted by Crippen LogP contribution is 2.39. The molecule has 1 aromatic carbocycles. The molecule has 3 nitrogen and oxygen atoms in total. The first kappa shape index (κ1) is 9.21. The van der Waals surface area contributed by atoms with Gasteiger partial charge in [0.2, 0.25) is 0 Å². The number of amides is 1. The van der Waals surface area contributed by atoms with Gasteiger partial charge in [0.1, 0.15) is 0 Å². The fourth-order valence-corrected chi connectivity index (χ4v) is 1.88. The number of anilines is 1. The lowest BCUT2D eigenvalue weighted by Crippen LogP contribution is -2.35. The smallest absolute Gasteiger partial charge is 0.263 e. The van der Waals surface area contributed by atoms with Gasteiger partial charge in [0.15, 0.2) is 5.60 Å². The van der Waals surface area contributed by atoms with E-state index in [1.165, 1.54) is 11.8 Å². The van der Waals surface area contributed by atoms with Crippen molar-refractivity contribution in [3.05, 3.63) is 29.3 Å². The average Bonchev–Trinajstić information content (AvgIpc) is 2.29. The number of carbonyl (C=O) groups is 1. The number of carbonyl (C=O) groups excluding carboxylic acids is 1. The fourth-order valence-electron chi connectivity index (χ4n) is 1.88. The number of rotatable bonds is 0. The molecular weight excluding hydrogens is 178 g/mol. The van der Waals surface area contributed by atoms with Gasteiger partial charge in [-0.15, -0.1) is 0 Å². The highest BCUT2D eigenvalue weighted by Gasteiger charge is 2.44. The predicted molar refractivity (Wildman–Crippen MR) is 54.2 cm³/mol. The fraction of sp³-hybridized carbons (Fsp3) is 0.364. The Balaban J connectivity index is 2.69. The van der Waals surface area contributed by atoms with Crippen LogP contribution in [-0.4, -0.2) is 18.1 Å². The van der Waals surface area contributed by atoms with Crippen molar-refractivity contribution >= 4 is 11.6 Å². The number of aryl methyl sites for hydroxylation is 1. The Bertz CT molecular complexity index is 410. The van der Waals surface area contributed by atoms with E-state index in [2.05, 4.69) is 0 Å². The van der Waals surface area contributed by atoms with Crippen molar-refractivity contribution < 1.29 is 9.90 Å². The number of likely N-dealkylation sites (N-methyl/N-ethyl adjacent to an activating group) is 1. The Morgan fingerprint density at radius 1 is 1.43 bits per heavy atom. The Kier molecular flexibility index (Phi) is 1.70. The lowest BCUT2D eigenvalue weighted by Gasteiger charge is -2.15. The second kappa shape index (κ2) is 2.58. The normalized spacial score (nSPS) is 25.4. The van der Waals surface area contributed by atoms with Gasteiger partial charge in [0, 0.05) is 12.6 Å². The molecule has 1 amide bonds. The summed E-state index contributed by atoms with van der Waals surface area (Å²) >= 11 is 0. The summed E-state index contributed by atoms with van der Waals surface area (Å²) in [6.45, 7) is 3.48. The predicted octanol–water partition coefficient (Wildman–Crippen LogP) is 1.18. The summed E-state index contributed by atoms with van der Waals surface area (Å²) in [5.74, 6) is -0.266. The van der Waals surface area contributed by atoms with E-state index in [0.29, 0.717) is 5.56 Å². The lowest BCUT2D eigenvalue weighted by atomic mass is 9.96. The monoisotopic (exact) mass is 191 g/mol. The summed E-state index contributed by atoms with van der Waals surface area (Å²) in [7, 11) is 1.68. The van der Waals surface area contributed by atoms with Crippen molar-refractivity contribution in [2.75, 3.05) is 11.9 Å². The van der Waals surface area contributed by atoms with Gasteiger partial charge in [0.25, 0.3) is 5.91 Å². The van der Waals surface area contributed by atoms with E-state index in [0.717, 1.165) is 11.3 Å². The molecule has 3 heteroatoms. The second-order valence-corrected chi connectivity index (χ2v) is 3.96. The molecule has 14 heavy (non-hydrogen) atoms. The van der Waals surface area contributed by atoms with E-state index in [1.807, 2.05) is 25.1 Å². The third kappa shape index (κ3) is 0.990. The van der Waals surface area contributed by atoms with Crippen LogP contribution in [0.5, 0.6) is 0 Å². The molecule has 0 radical (unpaired) electrons. The van der Waals surface area contributed by atoms with Crippen LogP contribution in [0.1, 0.15) is 18.1 Å². The molecule has 0 bridgehead atoms. The van der Waals surface area contributed by atoms with E-state index in [1.54, 1.807) is 7.05 Å². The molecule has 1 heterocycles. The molecule has 1 aromatic rings. The molecule has 0 aliphatic carbocycles. The topological polar surface area (TPSA) is 40.5 Å². The van der Waals surface area contributed by atoms with E-state index < -0.39 is 5.60 Å². The number of aliphatic hydroxyl groups is 1. The van der Waals surface area contributed by atoms with Crippen molar-refractivity contribution in [3.8, 4) is 0 Å². The van der Waals surface area contributed by atoms with Gasteiger partial charge in [-0.1, -0.05) is 17.7 Å². The quantitative estimate of drug-likeness (QED) is 0.669. The zero-order chi connectivity index (χ0) is 10.5. The van der Waals surface area contributed by atoms with Gasteiger partial charge in [-0.3, -0.25) is 4.79 Å². The SMILES string of the molecule is Cc1ccc2c(c1)C(C)(O)C(=O)N2C. The minimum atomic E-state index is -1.36. The molecule has 0 saturated heterocycles. The van der Waals surface area contributed by atoms with Crippen LogP contribution in [0.15, 0.2) is 18.2 Å². The first-order valence-electron chi connectivity index (χ1n) is 4.56. The molecule has 1 atom stereocenters. The molecule has 1 unspecified atom stereocenters. The standard InChI is InChI=1S/C11H13NO2/c1-7-4-5-9-8(6-7)11(2,14)10(13)12(9)3/h4-6,14H,1-3H3. The summed E-state index contributed by atoms with van der Waals surface area (Å²) in [5, 5.41) is 10.0. The number of hydrogen-bond donors (Lipinski definition) is 1. The first-order valence-corrected chi connectivity index (χ1v) is 4.56. The van der Waals surface area contributed by atoms with Crippen LogP contribution in [0.3, 0.4) is 0 Å². The van der Waals surface area contributed by atoms with Crippen molar-refractivity contribution in [2.24, 2.45) is 0 Å². The molecule has 2 rings (SSSR count). The maximum absolute atomic E-state index is 11.7. The second-order valence-electron chi connectivity index (χ2n) is 3.96. The Morgan fingerprint density at radius 3 is 2.71 bits per heavy atom. The summed E-state index contributed by atoms with van der Waals surface area (Å²) in [4.78, 5) is 13.2. The van der Waals surface area contributed by atoms with Crippen molar-refractivity contribution in [1.82, 2.24) is 0 Å². The van der Waals surface area contributed by atoms with Crippen LogP contribution in [0.25, 0.3) is 0 Å². The van der Waals surface area contributed by atoms with Crippen molar-refractivity contribution in [1.29, 1.82) is 0 Å². The molecule has 1 aliphatic heterocycles. The molecule has 1 N–H and O–H groups in total. The van der Waals surface area contributed by atoms with Crippen molar-refractivity contribution in [3.63, 3.8) is 0 Å². The molecular formula is C11H13NO2. The minimum Gasteiger partial charge on any atom is -0.375 e. The van der Waals surface area contributed by atoms with E-state index in [4.69, 9.17) is 0 Å². The van der Waals surface area contributed by atoms with Crippen LogP contribution < -0.4 is 4.90 Å². The van der Waals surface area contributed by atoms with Gasteiger partial charge in [0.05, 0.1) is 5.69 Å². The van der Waals surface area contributed by atoms with Crippen LogP contribution in [0.4, 0.5) is 5.69 Å². The maximum Gasteiger partial charge on any atom is 0.263 e. The molecule has 0 spiro atoms. The number of fused-ring (bicyclic) bond motifs is 1. The van der Waals surface area contributed by atoms with Crippen LogP contribution in [-0.2, 0) is 10.4 Å². The minimum absolute atomic E-state index is 0.266. The maximum atomic E-state index is 11.7. The van der Waals surface area contributed by atoms with Crippen LogP contribution in [0, 0.1) is 6.92 Å². The average molecular weight is 191 g/mol. The molecule has 1 aliphatic rings. The summed E-state index contributed by atoms with van der Waals surface area (Å²) in [6.07, 6.45) is 0. The third-order valence-electron chi connectivity index (χ3n) is 2.76. The number of hydrogen-bond acceptors (Lipinski definition) is 2. The highest BCUT2D eigenvalue weighted by atomic mass is 16.3. The Labute approximate surface area is 83.0 Å². The molecule has 74 valence electrons. The van der Waals surface area contributed by atoms with Crippen molar-refractivity contribution in [2.45, 2.75) is 19.4 Å². The molecule has 0 fully saturated rings. The molecule has 0 saturated carbocycles. The van der Waals surface area contributed by atoms with Gasteiger partial charge in [-0.25, -0.2) is 0 Å². The van der Waals surface area contributed by atoms with Gasteiger partial charge >= 0.3 is 0 Å². The third-order valence-corrected chi connectivity index (χ3v) is 2.76.